The Bertz CT molecular complexity index is 374. The van der Waals surface area contributed by atoms with Crippen LogP contribution in [0.5, 0.6) is 0 Å². The first-order chi connectivity index (χ1) is 6.81. The van der Waals surface area contributed by atoms with Crippen LogP contribution in [0.25, 0.3) is 0 Å². The quantitative estimate of drug-likeness (QED) is 0.512. The fourth-order valence-electron chi connectivity index (χ4n) is 0.779. The van der Waals surface area contributed by atoms with Gasteiger partial charge in [0.05, 0.1) is 0 Å². The molecule has 0 aliphatic rings. The highest BCUT2D eigenvalue weighted by Crippen LogP contribution is 2.30. The van der Waals surface area contributed by atoms with E-state index in [0.717, 1.165) is 11.8 Å². The zero-order valence-electron chi connectivity index (χ0n) is 8.39. The summed E-state index contributed by atoms with van der Waals surface area (Å²) in [6, 6.07) is 1.41. The van der Waals surface area contributed by atoms with E-state index < -0.39 is 10.7 Å². The maximum Gasteiger partial charge on any atom is 0.319 e. The molecule has 0 aromatic carbocycles. The number of aromatic nitrogens is 2. The summed E-state index contributed by atoms with van der Waals surface area (Å²) < 4.78 is -1.01. The number of carboxylic acids is 1. The third-order valence-electron chi connectivity index (χ3n) is 1.61. The summed E-state index contributed by atoms with van der Waals surface area (Å²) in [5, 5.41) is 9.17. The van der Waals surface area contributed by atoms with Gasteiger partial charge in [-0.25, -0.2) is 9.97 Å². The summed E-state index contributed by atoms with van der Waals surface area (Å²) in [5.74, 6) is -0.491. The average Bonchev–Trinajstić information content (AvgIpc) is 1.99. The molecule has 82 valence electrons. The van der Waals surface area contributed by atoms with Gasteiger partial charge in [0.25, 0.3) is 0 Å². The number of aliphatic carboxylic acids is 1. The molecule has 1 aromatic heterocycles. The Morgan fingerprint density at radius 3 is 2.27 bits per heavy atom. The van der Waals surface area contributed by atoms with Crippen molar-refractivity contribution in [1.29, 1.82) is 0 Å². The van der Waals surface area contributed by atoms with Crippen molar-refractivity contribution in [2.24, 2.45) is 0 Å². The maximum atomic E-state index is 10.9. The standard InChI is InChI=1S/C8H12N4O2S/c1-8(2,6(13)14)15-7-11-4(9)3-5(10)12-7/h3H,1-2H3,(H,13,14)(H4,9,10,11,12). The van der Waals surface area contributed by atoms with E-state index in [2.05, 4.69) is 9.97 Å². The number of carboxylic acid groups (broad SMARTS) is 1. The normalized spacial score (nSPS) is 11.3. The van der Waals surface area contributed by atoms with Crippen molar-refractivity contribution in [2.75, 3.05) is 11.5 Å². The second-order valence-corrected chi connectivity index (χ2v) is 5.01. The number of nitrogens with zero attached hydrogens (tertiary/aromatic N) is 2. The van der Waals surface area contributed by atoms with Crippen LogP contribution in [0.4, 0.5) is 11.6 Å². The number of nitrogen functional groups attached to an aromatic ring is 2. The Hall–Kier alpha value is -1.50. The Kier molecular flexibility index (Phi) is 3.04. The maximum absolute atomic E-state index is 10.9. The van der Waals surface area contributed by atoms with E-state index in [9.17, 15) is 4.79 Å². The highest BCUT2D eigenvalue weighted by molar-refractivity contribution is 8.01. The van der Waals surface area contributed by atoms with Gasteiger partial charge in [-0.05, 0) is 13.8 Å². The smallest absolute Gasteiger partial charge is 0.319 e. The van der Waals surface area contributed by atoms with Crippen molar-refractivity contribution in [3.63, 3.8) is 0 Å². The van der Waals surface area contributed by atoms with Crippen LogP contribution in [0.1, 0.15) is 13.8 Å². The first-order valence-corrected chi connectivity index (χ1v) is 4.95. The van der Waals surface area contributed by atoms with Gasteiger partial charge in [-0.3, -0.25) is 4.79 Å². The van der Waals surface area contributed by atoms with Gasteiger partial charge in [0, 0.05) is 6.07 Å². The van der Waals surface area contributed by atoms with Crippen molar-refractivity contribution in [2.45, 2.75) is 23.8 Å². The molecule has 1 rings (SSSR count). The lowest BCUT2D eigenvalue weighted by Gasteiger charge is -2.16. The van der Waals surface area contributed by atoms with Crippen molar-refractivity contribution in [3.05, 3.63) is 6.07 Å². The summed E-state index contributed by atoms with van der Waals surface area (Å²) in [5.41, 5.74) is 10.9. The minimum Gasteiger partial charge on any atom is -0.480 e. The van der Waals surface area contributed by atoms with Crippen LogP contribution in [-0.4, -0.2) is 25.8 Å². The molecule has 0 fully saturated rings. The van der Waals surface area contributed by atoms with E-state index >= 15 is 0 Å². The second-order valence-electron chi connectivity index (χ2n) is 3.42. The number of rotatable bonds is 3. The molecule has 1 aromatic rings. The van der Waals surface area contributed by atoms with Crippen LogP contribution < -0.4 is 11.5 Å². The second kappa shape index (κ2) is 3.93. The molecule has 0 atom stereocenters. The van der Waals surface area contributed by atoms with Gasteiger partial charge in [0.2, 0.25) is 0 Å². The SMILES string of the molecule is CC(C)(Sc1nc(N)cc(N)n1)C(=O)O. The highest BCUT2D eigenvalue weighted by atomic mass is 32.2. The lowest BCUT2D eigenvalue weighted by molar-refractivity contribution is -0.138. The summed E-state index contributed by atoms with van der Waals surface area (Å²) in [4.78, 5) is 18.6. The molecule has 0 spiro atoms. The van der Waals surface area contributed by atoms with Crippen LogP contribution in [0.2, 0.25) is 0 Å². The summed E-state index contributed by atoms with van der Waals surface area (Å²) in [7, 11) is 0. The number of carbonyl (C=O) groups is 1. The molecule has 0 bridgehead atoms. The van der Waals surface area contributed by atoms with Crippen molar-refractivity contribution in [1.82, 2.24) is 9.97 Å². The summed E-state index contributed by atoms with van der Waals surface area (Å²) in [6.07, 6.45) is 0. The van der Waals surface area contributed by atoms with Crippen LogP contribution in [-0.2, 0) is 4.79 Å². The Morgan fingerprint density at radius 2 is 1.87 bits per heavy atom. The lowest BCUT2D eigenvalue weighted by Crippen LogP contribution is -2.27. The zero-order chi connectivity index (χ0) is 11.6. The molecular weight excluding hydrogens is 216 g/mol. The third kappa shape index (κ3) is 2.98. The molecule has 0 amide bonds. The molecule has 0 unspecified atom stereocenters. The molecule has 6 nitrogen and oxygen atoms in total. The van der Waals surface area contributed by atoms with Crippen molar-refractivity contribution < 1.29 is 9.90 Å². The van der Waals surface area contributed by atoms with E-state index in [4.69, 9.17) is 16.6 Å². The fraction of sp³-hybridized carbons (Fsp3) is 0.375. The first-order valence-electron chi connectivity index (χ1n) is 4.14. The number of thioether (sulfide) groups is 1. The van der Waals surface area contributed by atoms with E-state index in [1.165, 1.54) is 6.07 Å². The van der Waals surface area contributed by atoms with Gasteiger partial charge in [0.1, 0.15) is 16.4 Å². The molecule has 5 N–H and O–H groups in total. The monoisotopic (exact) mass is 228 g/mol. The predicted molar refractivity (Wildman–Crippen MR) is 58.4 cm³/mol. The van der Waals surface area contributed by atoms with Gasteiger partial charge in [-0.2, -0.15) is 0 Å². The molecule has 0 aliphatic heterocycles. The van der Waals surface area contributed by atoms with E-state index in [1.807, 2.05) is 0 Å². The molecule has 1 heterocycles. The third-order valence-corrected chi connectivity index (χ3v) is 2.66. The molecule has 0 saturated heterocycles. The van der Waals surface area contributed by atoms with Gasteiger partial charge < -0.3 is 16.6 Å². The van der Waals surface area contributed by atoms with E-state index in [1.54, 1.807) is 13.8 Å². The number of nitrogens with two attached hydrogens (primary N) is 2. The van der Waals surface area contributed by atoms with Crippen molar-refractivity contribution in [3.8, 4) is 0 Å². The fourth-order valence-corrected chi connectivity index (χ4v) is 1.63. The topological polar surface area (TPSA) is 115 Å². The van der Waals surface area contributed by atoms with Gasteiger partial charge in [-0.15, -0.1) is 0 Å². The number of anilines is 2. The Labute approximate surface area is 91.1 Å². The zero-order valence-corrected chi connectivity index (χ0v) is 9.21. The van der Waals surface area contributed by atoms with E-state index in [0.29, 0.717) is 0 Å². The summed E-state index contributed by atoms with van der Waals surface area (Å²) in [6.45, 7) is 3.12. The molecular formula is C8H12N4O2S. The van der Waals surface area contributed by atoms with Gasteiger partial charge in [0.15, 0.2) is 5.16 Å². The van der Waals surface area contributed by atoms with Crippen LogP contribution in [0.15, 0.2) is 11.2 Å². The lowest BCUT2D eigenvalue weighted by atomic mass is 10.2. The predicted octanol–water partition coefficient (Wildman–Crippen LogP) is 0.596. The molecule has 15 heavy (non-hydrogen) atoms. The minimum absolute atomic E-state index is 0.228. The molecule has 7 heteroatoms. The van der Waals surface area contributed by atoms with Crippen LogP contribution in [0, 0.1) is 0 Å². The first kappa shape index (κ1) is 11.6. The Balaban J connectivity index is 2.94. The van der Waals surface area contributed by atoms with Crippen molar-refractivity contribution >= 4 is 29.4 Å². The Morgan fingerprint density at radius 1 is 1.40 bits per heavy atom. The highest BCUT2D eigenvalue weighted by Gasteiger charge is 2.29. The number of hydrogen-bond acceptors (Lipinski definition) is 6. The molecule has 0 aliphatic carbocycles. The van der Waals surface area contributed by atoms with Crippen LogP contribution in [0.3, 0.4) is 0 Å². The van der Waals surface area contributed by atoms with Gasteiger partial charge >= 0.3 is 5.97 Å². The molecule has 0 saturated carbocycles. The average molecular weight is 228 g/mol. The minimum atomic E-state index is -1.01. The van der Waals surface area contributed by atoms with Crippen LogP contribution >= 0.6 is 11.8 Å². The number of hydrogen-bond donors (Lipinski definition) is 3. The summed E-state index contributed by atoms with van der Waals surface area (Å²) >= 11 is 1.00. The van der Waals surface area contributed by atoms with E-state index in [-0.39, 0.29) is 16.8 Å². The van der Waals surface area contributed by atoms with Gasteiger partial charge in [-0.1, -0.05) is 11.8 Å². The molecule has 0 radical (unpaired) electrons. The largest absolute Gasteiger partial charge is 0.480 e.